The van der Waals surface area contributed by atoms with Gasteiger partial charge < -0.3 is 14.9 Å². The predicted octanol–water partition coefficient (Wildman–Crippen LogP) is 4.71. The van der Waals surface area contributed by atoms with Crippen molar-refractivity contribution >= 4 is 17.6 Å². The number of aliphatic carboxylic acids is 1. The molecule has 0 aliphatic heterocycles. The van der Waals surface area contributed by atoms with Crippen LogP contribution in [-0.2, 0) is 4.79 Å². The van der Waals surface area contributed by atoms with Crippen LogP contribution in [0.25, 0.3) is 28.2 Å². The summed E-state index contributed by atoms with van der Waals surface area (Å²) in [6.07, 6.45) is -1.63. The number of nitrogens with zero attached hydrogens (tertiary/aromatic N) is 7. The van der Waals surface area contributed by atoms with Gasteiger partial charge in [0, 0.05) is 23.1 Å². The third-order valence-electron chi connectivity index (χ3n) is 5.35. The van der Waals surface area contributed by atoms with E-state index >= 15 is 0 Å². The molecule has 0 spiro atoms. The van der Waals surface area contributed by atoms with Crippen LogP contribution < -0.4 is 5.32 Å². The molecule has 0 atom stereocenters. The molecule has 0 radical (unpaired) electrons. The van der Waals surface area contributed by atoms with Gasteiger partial charge in [-0.3, -0.25) is 5.10 Å². The largest absolute Gasteiger partial charge is 0.490 e. The lowest BCUT2D eigenvalue weighted by atomic mass is 10.0. The van der Waals surface area contributed by atoms with Gasteiger partial charge in [-0.2, -0.15) is 23.4 Å². The Labute approximate surface area is 218 Å². The van der Waals surface area contributed by atoms with Gasteiger partial charge in [0.2, 0.25) is 5.95 Å². The SMILES string of the molecule is Cc1nc(C)n(-c2ccc(Nc3nccc(-c4noc(C)c4-c4cn[nH]c4C)n3)cc2)n1.O=C(O)C(F)(F)F. The lowest BCUT2D eigenvalue weighted by Crippen LogP contribution is -2.21. The predicted molar refractivity (Wildman–Crippen MR) is 132 cm³/mol. The van der Waals surface area contributed by atoms with Crippen molar-refractivity contribution in [1.29, 1.82) is 0 Å². The minimum absolute atomic E-state index is 0.457. The molecule has 202 valence electrons. The van der Waals surface area contributed by atoms with Crippen molar-refractivity contribution in [3.8, 4) is 28.2 Å². The summed E-state index contributed by atoms with van der Waals surface area (Å²) >= 11 is 0. The lowest BCUT2D eigenvalue weighted by Gasteiger charge is -2.08. The summed E-state index contributed by atoms with van der Waals surface area (Å²) in [5, 5.41) is 26.1. The van der Waals surface area contributed by atoms with Crippen molar-refractivity contribution in [2.45, 2.75) is 33.9 Å². The van der Waals surface area contributed by atoms with E-state index in [0.29, 0.717) is 23.1 Å². The number of nitrogens with one attached hydrogen (secondary N) is 2. The maximum absolute atomic E-state index is 10.6. The summed E-state index contributed by atoms with van der Waals surface area (Å²) in [5.41, 5.74) is 5.81. The molecule has 0 fully saturated rings. The Morgan fingerprint density at radius 3 is 2.33 bits per heavy atom. The van der Waals surface area contributed by atoms with E-state index in [-0.39, 0.29) is 0 Å². The zero-order chi connectivity index (χ0) is 28.3. The normalized spacial score (nSPS) is 11.2. The fraction of sp³-hybridized carbons (Fsp3) is 0.208. The molecule has 0 aliphatic carbocycles. The van der Waals surface area contributed by atoms with Crippen LogP contribution in [0.2, 0.25) is 0 Å². The molecule has 0 saturated carbocycles. The van der Waals surface area contributed by atoms with E-state index in [9.17, 15) is 13.2 Å². The minimum Gasteiger partial charge on any atom is -0.475 e. The molecule has 0 unspecified atom stereocenters. The van der Waals surface area contributed by atoms with E-state index in [1.54, 1.807) is 18.5 Å². The highest BCUT2D eigenvalue weighted by Crippen LogP contribution is 2.34. The molecular formula is C24H22F3N9O3. The monoisotopic (exact) mass is 541 g/mol. The number of halogens is 3. The quantitative estimate of drug-likeness (QED) is 0.284. The fourth-order valence-corrected chi connectivity index (χ4v) is 3.60. The Balaban J connectivity index is 0.000000448. The molecular weight excluding hydrogens is 519 g/mol. The van der Waals surface area contributed by atoms with Crippen LogP contribution in [0.3, 0.4) is 0 Å². The van der Waals surface area contributed by atoms with Crippen LogP contribution in [0, 0.1) is 27.7 Å². The molecule has 4 aromatic heterocycles. The summed E-state index contributed by atoms with van der Waals surface area (Å²) in [7, 11) is 0. The Hall–Kier alpha value is -5.08. The number of alkyl halides is 3. The Bertz CT molecular complexity index is 1610. The number of carbonyl (C=O) groups is 1. The zero-order valence-electron chi connectivity index (χ0n) is 21.1. The van der Waals surface area contributed by atoms with Gasteiger partial charge in [0.05, 0.1) is 23.1 Å². The molecule has 0 bridgehead atoms. The number of hydrogen-bond acceptors (Lipinski definition) is 9. The van der Waals surface area contributed by atoms with E-state index in [1.165, 1.54) is 0 Å². The number of rotatable bonds is 5. The zero-order valence-corrected chi connectivity index (χ0v) is 21.1. The molecule has 3 N–H and O–H groups in total. The third kappa shape index (κ3) is 6.08. The third-order valence-corrected chi connectivity index (χ3v) is 5.35. The van der Waals surface area contributed by atoms with Crippen LogP contribution in [0.4, 0.5) is 24.8 Å². The molecule has 0 amide bonds. The van der Waals surface area contributed by atoms with Gasteiger partial charge in [-0.15, -0.1) is 0 Å². The van der Waals surface area contributed by atoms with Gasteiger partial charge >= 0.3 is 12.1 Å². The second kappa shape index (κ2) is 10.7. The molecule has 4 heterocycles. The van der Waals surface area contributed by atoms with E-state index in [0.717, 1.165) is 39.8 Å². The maximum atomic E-state index is 10.6. The number of aromatic nitrogens is 8. The minimum atomic E-state index is -5.08. The molecule has 5 rings (SSSR count). The number of hydrogen-bond donors (Lipinski definition) is 3. The van der Waals surface area contributed by atoms with Gasteiger partial charge in [-0.25, -0.2) is 24.4 Å². The summed E-state index contributed by atoms with van der Waals surface area (Å²) in [4.78, 5) is 22.2. The summed E-state index contributed by atoms with van der Waals surface area (Å²) in [6.45, 7) is 7.63. The summed E-state index contributed by atoms with van der Waals surface area (Å²) in [5.74, 6) is -0.0216. The number of carboxylic acids is 1. The second-order valence-corrected chi connectivity index (χ2v) is 8.23. The van der Waals surface area contributed by atoms with E-state index in [4.69, 9.17) is 14.4 Å². The highest BCUT2D eigenvalue weighted by atomic mass is 19.4. The fourth-order valence-electron chi connectivity index (χ4n) is 3.60. The number of aromatic amines is 1. The van der Waals surface area contributed by atoms with Crippen LogP contribution >= 0.6 is 0 Å². The van der Waals surface area contributed by atoms with Gasteiger partial charge in [0.1, 0.15) is 23.1 Å². The molecule has 5 aromatic rings. The Morgan fingerprint density at radius 1 is 1.08 bits per heavy atom. The first kappa shape index (κ1) is 27.0. The van der Waals surface area contributed by atoms with Crippen molar-refractivity contribution in [2.75, 3.05) is 5.32 Å². The van der Waals surface area contributed by atoms with Gasteiger partial charge in [0.15, 0.2) is 0 Å². The van der Waals surface area contributed by atoms with E-state index in [2.05, 4.69) is 40.7 Å². The van der Waals surface area contributed by atoms with Gasteiger partial charge in [-0.05, 0) is 58.0 Å². The average Bonchev–Trinajstić information content (AvgIpc) is 3.57. The highest BCUT2D eigenvalue weighted by Gasteiger charge is 2.38. The number of H-pyrrole nitrogens is 1. The highest BCUT2D eigenvalue weighted by molar-refractivity contribution is 5.81. The molecule has 15 heteroatoms. The first-order chi connectivity index (χ1) is 18.4. The van der Waals surface area contributed by atoms with Crippen LogP contribution in [-0.4, -0.2) is 57.3 Å². The Kier molecular flexibility index (Phi) is 7.42. The standard InChI is InChI=1S/C22H21N9O.C2HF3O2/c1-12-18(11-24-28-12)20-13(2)32-30-21(20)19-9-10-23-22(27-19)26-16-5-7-17(8-6-16)31-15(4)25-14(3)29-31;3-2(4,5)1(6)7/h5-11H,1-4H3,(H,24,28)(H,23,26,27);(H,6,7). The number of aryl methyl sites for hydroxylation is 4. The summed E-state index contributed by atoms with van der Waals surface area (Å²) < 4.78 is 39.0. The van der Waals surface area contributed by atoms with Crippen LogP contribution in [0.1, 0.15) is 23.1 Å². The van der Waals surface area contributed by atoms with Crippen LogP contribution in [0.5, 0.6) is 0 Å². The van der Waals surface area contributed by atoms with Crippen molar-refractivity contribution in [1.82, 2.24) is 40.1 Å². The maximum Gasteiger partial charge on any atom is 0.490 e. The smallest absolute Gasteiger partial charge is 0.475 e. The van der Waals surface area contributed by atoms with Crippen molar-refractivity contribution in [2.24, 2.45) is 0 Å². The number of benzene rings is 1. The molecule has 0 saturated heterocycles. The number of carboxylic acid groups (broad SMARTS) is 1. The van der Waals surface area contributed by atoms with Crippen molar-refractivity contribution < 1.29 is 27.6 Å². The Morgan fingerprint density at radius 2 is 1.77 bits per heavy atom. The van der Waals surface area contributed by atoms with E-state index in [1.807, 2.05) is 56.6 Å². The first-order valence-corrected chi connectivity index (χ1v) is 11.3. The second-order valence-electron chi connectivity index (χ2n) is 8.23. The van der Waals surface area contributed by atoms with Crippen molar-refractivity contribution in [3.05, 3.63) is 65.8 Å². The molecule has 1 aromatic carbocycles. The topological polar surface area (TPSA) is 161 Å². The van der Waals surface area contributed by atoms with E-state index < -0.39 is 12.1 Å². The molecule has 12 nitrogen and oxygen atoms in total. The van der Waals surface area contributed by atoms with Gasteiger partial charge in [-0.1, -0.05) is 5.16 Å². The van der Waals surface area contributed by atoms with Crippen LogP contribution in [0.15, 0.2) is 47.2 Å². The average molecular weight is 541 g/mol. The first-order valence-electron chi connectivity index (χ1n) is 11.3. The molecule has 39 heavy (non-hydrogen) atoms. The van der Waals surface area contributed by atoms with Crippen molar-refractivity contribution in [3.63, 3.8) is 0 Å². The van der Waals surface area contributed by atoms with Gasteiger partial charge in [0.25, 0.3) is 0 Å². The molecule has 0 aliphatic rings. The number of anilines is 2. The summed E-state index contributed by atoms with van der Waals surface area (Å²) in [6, 6.07) is 9.63. The lowest BCUT2D eigenvalue weighted by molar-refractivity contribution is -0.192.